The monoisotopic (exact) mass is 412 g/mol. The molecular formula is C24H24N6O. The highest BCUT2D eigenvalue weighted by Gasteiger charge is 2.36. The molecule has 2 fully saturated rings. The molecule has 2 aromatic heterocycles. The third-order valence-electron chi connectivity index (χ3n) is 6.52. The number of H-pyrrole nitrogens is 1. The summed E-state index contributed by atoms with van der Waals surface area (Å²) >= 11 is 0. The lowest BCUT2D eigenvalue weighted by Gasteiger charge is -2.16. The quantitative estimate of drug-likeness (QED) is 0.541. The summed E-state index contributed by atoms with van der Waals surface area (Å²) in [6, 6.07) is 16.9. The maximum atomic E-state index is 12.3. The van der Waals surface area contributed by atoms with Gasteiger partial charge in [-0.05, 0) is 64.3 Å². The number of carbonyl (C=O) groups is 1. The van der Waals surface area contributed by atoms with Crippen molar-refractivity contribution in [3.8, 4) is 22.5 Å². The first kappa shape index (κ1) is 18.3. The number of aromatic amines is 1. The van der Waals surface area contributed by atoms with Crippen LogP contribution in [0.5, 0.6) is 0 Å². The summed E-state index contributed by atoms with van der Waals surface area (Å²) in [7, 11) is 0. The summed E-state index contributed by atoms with van der Waals surface area (Å²) in [6.45, 7) is 2.41. The molecule has 0 spiro atoms. The number of benzene rings is 2. The van der Waals surface area contributed by atoms with Crippen molar-refractivity contribution < 1.29 is 4.79 Å². The first-order valence-electron chi connectivity index (χ1n) is 11.0. The van der Waals surface area contributed by atoms with Gasteiger partial charge in [-0.3, -0.25) is 4.79 Å². The number of likely N-dealkylation sites (tertiary alicyclic amines) is 1. The molecule has 1 saturated heterocycles. The van der Waals surface area contributed by atoms with Crippen LogP contribution < -0.4 is 0 Å². The SMILES string of the molecule is O=C(C1CC1)N1CCC(Cn2nnnc2-c2ccc(-c3ccc4cc[nH]c4c3)cc2)C1. The van der Waals surface area contributed by atoms with Gasteiger partial charge < -0.3 is 9.88 Å². The van der Waals surface area contributed by atoms with Crippen molar-refractivity contribution in [2.45, 2.75) is 25.8 Å². The smallest absolute Gasteiger partial charge is 0.225 e. The fourth-order valence-electron chi connectivity index (χ4n) is 4.59. The van der Waals surface area contributed by atoms with Crippen LogP contribution in [-0.2, 0) is 11.3 Å². The average molecular weight is 412 g/mol. The predicted molar refractivity (Wildman–Crippen MR) is 118 cm³/mol. The summed E-state index contributed by atoms with van der Waals surface area (Å²) in [6.07, 6.45) is 5.10. The van der Waals surface area contributed by atoms with Crippen molar-refractivity contribution in [2.24, 2.45) is 11.8 Å². The Balaban J connectivity index is 1.18. The molecule has 1 saturated carbocycles. The molecule has 7 nitrogen and oxygen atoms in total. The molecule has 2 aliphatic rings. The van der Waals surface area contributed by atoms with Crippen LogP contribution in [0.25, 0.3) is 33.4 Å². The van der Waals surface area contributed by atoms with E-state index in [1.165, 1.54) is 10.9 Å². The second kappa shape index (κ2) is 7.34. The largest absolute Gasteiger partial charge is 0.361 e. The normalized spacial score (nSPS) is 18.7. The second-order valence-corrected chi connectivity index (χ2v) is 8.75. The molecule has 1 atom stereocenters. The Bertz CT molecular complexity index is 1240. The minimum atomic E-state index is 0.290. The van der Waals surface area contributed by atoms with Gasteiger partial charge in [0.2, 0.25) is 5.91 Å². The molecule has 1 amide bonds. The molecule has 0 radical (unpaired) electrons. The van der Waals surface area contributed by atoms with E-state index in [0.29, 0.717) is 17.7 Å². The van der Waals surface area contributed by atoms with Crippen LogP contribution in [0.15, 0.2) is 54.7 Å². The number of carbonyl (C=O) groups excluding carboxylic acids is 1. The number of hydrogen-bond donors (Lipinski definition) is 1. The standard InChI is InChI=1S/C24H24N6O/c31-24(20-6-7-20)29-12-10-16(14-29)15-30-23(26-27-28-30)19-4-1-17(2-5-19)21-8-3-18-9-11-25-22(18)13-21/h1-5,8-9,11,13,16,20,25H,6-7,10,12,14-15H2. The van der Waals surface area contributed by atoms with Crippen molar-refractivity contribution in [3.05, 3.63) is 54.7 Å². The summed E-state index contributed by atoms with van der Waals surface area (Å²) in [4.78, 5) is 17.6. The zero-order valence-electron chi connectivity index (χ0n) is 17.2. The van der Waals surface area contributed by atoms with E-state index >= 15 is 0 Å². The van der Waals surface area contributed by atoms with Gasteiger partial charge in [-0.15, -0.1) is 5.10 Å². The number of hydrogen-bond acceptors (Lipinski definition) is 4. The van der Waals surface area contributed by atoms with E-state index in [-0.39, 0.29) is 0 Å². The van der Waals surface area contributed by atoms with Gasteiger partial charge in [0.05, 0.1) is 0 Å². The number of aromatic nitrogens is 5. The topological polar surface area (TPSA) is 79.7 Å². The van der Waals surface area contributed by atoms with Gasteiger partial charge in [0, 0.05) is 42.8 Å². The van der Waals surface area contributed by atoms with E-state index in [1.807, 2.05) is 15.8 Å². The third-order valence-corrected chi connectivity index (χ3v) is 6.52. The number of rotatable bonds is 5. The van der Waals surface area contributed by atoms with Crippen LogP contribution in [-0.4, -0.2) is 49.1 Å². The van der Waals surface area contributed by atoms with Gasteiger partial charge in [0.25, 0.3) is 0 Å². The molecule has 4 aromatic rings. The summed E-state index contributed by atoms with van der Waals surface area (Å²) < 4.78 is 1.88. The Labute approximate surface area is 180 Å². The molecule has 3 heterocycles. The summed E-state index contributed by atoms with van der Waals surface area (Å²) in [5.74, 6) is 1.81. The fraction of sp³-hybridized carbons (Fsp3) is 0.333. The molecule has 1 aliphatic heterocycles. The van der Waals surface area contributed by atoms with Crippen molar-refractivity contribution in [1.29, 1.82) is 0 Å². The van der Waals surface area contributed by atoms with Gasteiger partial charge >= 0.3 is 0 Å². The van der Waals surface area contributed by atoms with E-state index in [1.54, 1.807) is 0 Å². The summed E-state index contributed by atoms with van der Waals surface area (Å²) in [5, 5.41) is 13.6. The number of nitrogens with zero attached hydrogens (tertiary/aromatic N) is 5. The first-order valence-corrected chi connectivity index (χ1v) is 11.0. The van der Waals surface area contributed by atoms with Gasteiger partial charge in [0.15, 0.2) is 5.82 Å². The van der Waals surface area contributed by atoms with Crippen molar-refractivity contribution >= 4 is 16.8 Å². The van der Waals surface area contributed by atoms with Crippen molar-refractivity contribution in [2.75, 3.05) is 13.1 Å². The Morgan fingerprint density at radius 2 is 1.81 bits per heavy atom. The maximum absolute atomic E-state index is 12.3. The zero-order valence-corrected chi connectivity index (χ0v) is 17.2. The van der Waals surface area contributed by atoms with Crippen LogP contribution in [0.1, 0.15) is 19.3 Å². The van der Waals surface area contributed by atoms with Gasteiger partial charge in [-0.25, -0.2) is 4.68 Å². The molecule has 156 valence electrons. The average Bonchev–Trinajstić information content (AvgIpc) is 3.17. The predicted octanol–water partition coefficient (Wildman–Crippen LogP) is 3.75. The molecule has 31 heavy (non-hydrogen) atoms. The van der Waals surface area contributed by atoms with Gasteiger partial charge in [-0.1, -0.05) is 36.4 Å². The van der Waals surface area contributed by atoms with Crippen LogP contribution in [0.4, 0.5) is 0 Å². The van der Waals surface area contributed by atoms with E-state index in [4.69, 9.17) is 0 Å². The third kappa shape index (κ3) is 3.50. The van der Waals surface area contributed by atoms with Crippen molar-refractivity contribution in [3.63, 3.8) is 0 Å². The lowest BCUT2D eigenvalue weighted by molar-refractivity contribution is -0.131. The van der Waals surface area contributed by atoms with Crippen LogP contribution >= 0.6 is 0 Å². The molecule has 7 heteroatoms. The molecule has 1 aliphatic carbocycles. The van der Waals surface area contributed by atoms with Gasteiger partial charge in [0.1, 0.15) is 0 Å². The maximum Gasteiger partial charge on any atom is 0.225 e. The molecule has 6 rings (SSSR count). The minimum absolute atomic E-state index is 0.290. The highest BCUT2D eigenvalue weighted by molar-refractivity contribution is 5.85. The van der Waals surface area contributed by atoms with Crippen LogP contribution in [0.3, 0.4) is 0 Å². The highest BCUT2D eigenvalue weighted by Crippen LogP contribution is 2.33. The Kier molecular flexibility index (Phi) is 4.33. The Hall–Kier alpha value is -3.48. The molecule has 2 aromatic carbocycles. The number of nitrogens with one attached hydrogen (secondary N) is 1. The van der Waals surface area contributed by atoms with E-state index < -0.39 is 0 Å². The zero-order chi connectivity index (χ0) is 20.8. The van der Waals surface area contributed by atoms with Crippen LogP contribution in [0.2, 0.25) is 0 Å². The molecule has 1 unspecified atom stereocenters. The number of tetrazole rings is 1. The number of amides is 1. The van der Waals surface area contributed by atoms with Crippen LogP contribution in [0, 0.1) is 11.8 Å². The molecular weight excluding hydrogens is 388 g/mol. The van der Waals surface area contributed by atoms with E-state index in [9.17, 15) is 4.79 Å². The lowest BCUT2D eigenvalue weighted by Crippen LogP contribution is -2.30. The Morgan fingerprint density at radius 3 is 2.65 bits per heavy atom. The fourth-order valence-corrected chi connectivity index (χ4v) is 4.59. The minimum Gasteiger partial charge on any atom is -0.361 e. The molecule has 0 bridgehead atoms. The number of fused-ring (bicyclic) bond motifs is 1. The summed E-state index contributed by atoms with van der Waals surface area (Å²) in [5.41, 5.74) is 4.46. The van der Waals surface area contributed by atoms with Crippen molar-refractivity contribution in [1.82, 2.24) is 30.1 Å². The first-order chi connectivity index (χ1) is 15.2. The van der Waals surface area contributed by atoms with E-state index in [0.717, 1.165) is 61.4 Å². The highest BCUT2D eigenvalue weighted by atomic mass is 16.2. The molecule has 1 N–H and O–H groups in total. The Morgan fingerprint density at radius 1 is 1.00 bits per heavy atom. The van der Waals surface area contributed by atoms with Gasteiger partial charge in [-0.2, -0.15) is 0 Å². The van der Waals surface area contributed by atoms with E-state index in [2.05, 4.69) is 69.0 Å². The lowest BCUT2D eigenvalue weighted by atomic mass is 10.0. The second-order valence-electron chi connectivity index (χ2n) is 8.75.